The van der Waals surface area contributed by atoms with E-state index in [1.165, 1.54) is 0 Å². The van der Waals surface area contributed by atoms with Crippen LogP contribution in [-0.4, -0.2) is 22.4 Å². The van der Waals surface area contributed by atoms with E-state index in [9.17, 15) is 5.11 Å². The molecule has 11 heavy (non-hydrogen) atoms. The fraction of sp³-hybridized carbons (Fsp3) is 0.778. The Labute approximate surface area is 65.9 Å². The first-order valence-electron chi connectivity index (χ1n) is 4.32. The van der Waals surface area contributed by atoms with Crippen LogP contribution in [0.3, 0.4) is 0 Å². The second-order valence-corrected chi connectivity index (χ2v) is 3.92. The molecule has 1 N–H and O–H groups in total. The summed E-state index contributed by atoms with van der Waals surface area (Å²) in [6.07, 6.45) is 8.05. The zero-order chi connectivity index (χ0) is 7.53. The van der Waals surface area contributed by atoms with Gasteiger partial charge in [0.15, 0.2) is 0 Å². The van der Waals surface area contributed by atoms with Crippen LogP contribution in [0, 0.1) is 0 Å². The Morgan fingerprint density at radius 1 is 1.36 bits per heavy atom. The highest BCUT2D eigenvalue weighted by Gasteiger charge is 2.75. The van der Waals surface area contributed by atoms with Crippen LogP contribution in [0.25, 0.3) is 0 Å². The molecule has 0 radical (unpaired) electrons. The molecule has 2 nitrogen and oxygen atoms in total. The van der Waals surface area contributed by atoms with Gasteiger partial charge in [-0.25, -0.2) is 0 Å². The number of rotatable bonds is 0. The van der Waals surface area contributed by atoms with Crippen LogP contribution in [0.2, 0.25) is 0 Å². The zero-order valence-corrected chi connectivity index (χ0v) is 6.42. The second-order valence-electron chi connectivity index (χ2n) is 3.92. The molecule has 0 aromatic carbocycles. The van der Waals surface area contributed by atoms with Gasteiger partial charge in [0.05, 0.1) is 6.10 Å². The van der Waals surface area contributed by atoms with Crippen molar-refractivity contribution in [3.63, 3.8) is 0 Å². The van der Waals surface area contributed by atoms with E-state index in [1.54, 1.807) is 0 Å². The lowest BCUT2D eigenvalue weighted by Gasteiger charge is -2.15. The van der Waals surface area contributed by atoms with Crippen LogP contribution < -0.4 is 0 Å². The van der Waals surface area contributed by atoms with Crippen LogP contribution in [0.15, 0.2) is 12.2 Å². The van der Waals surface area contributed by atoms with Crippen LogP contribution in [-0.2, 0) is 4.74 Å². The molecule has 3 aliphatic rings. The fourth-order valence-electron chi connectivity index (χ4n) is 2.77. The lowest BCUT2D eigenvalue weighted by Crippen LogP contribution is -2.31. The molecule has 2 heteroatoms. The first-order valence-corrected chi connectivity index (χ1v) is 4.32. The first-order chi connectivity index (χ1) is 5.29. The summed E-state index contributed by atoms with van der Waals surface area (Å²) in [6.45, 7) is 0. The van der Waals surface area contributed by atoms with Crippen molar-refractivity contribution in [1.29, 1.82) is 0 Å². The van der Waals surface area contributed by atoms with Crippen molar-refractivity contribution >= 4 is 0 Å². The predicted molar refractivity (Wildman–Crippen MR) is 40.2 cm³/mol. The van der Waals surface area contributed by atoms with E-state index in [-0.39, 0.29) is 17.3 Å². The predicted octanol–water partition coefficient (Wildman–Crippen LogP) is 0.999. The van der Waals surface area contributed by atoms with Gasteiger partial charge in [-0.05, 0) is 25.7 Å². The van der Waals surface area contributed by atoms with E-state index >= 15 is 0 Å². The number of aliphatic hydroxyl groups excluding tert-OH is 1. The number of ether oxygens (including phenoxy) is 1. The van der Waals surface area contributed by atoms with Crippen molar-refractivity contribution in [1.82, 2.24) is 0 Å². The van der Waals surface area contributed by atoms with Crippen molar-refractivity contribution in [3.8, 4) is 0 Å². The summed E-state index contributed by atoms with van der Waals surface area (Å²) >= 11 is 0. The average molecular weight is 152 g/mol. The largest absolute Gasteiger partial charge is 0.390 e. The lowest BCUT2D eigenvalue weighted by atomic mass is 9.85. The molecule has 0 amide bonds. The van der Waals surface area contributed by atoms with Gasteiger partial charge in [0.2, 0.25) is 0 Å². The Hall–Kier alpha value is -0.340. The standard InChI is InChI=1S/C9H12O2/c10-7-3-6-8-4-1-2-5-9(7,8)11-8/h1-2,7,10H,3-6H2/t7-,8-,9+/m1/s1. The molecule has 0 aromatic rings. The maximum absolute atomic E-state index is 9.66. The minimum Gasteiger partial charge on any atom is -0.390 e. The molecular formula is C9H12O2. The van der Waals surface area contributed by atoms with Gasteiger partial charge < -0.3 is 9.84 Å². The summed E-state index contributed by atoms with van der Waals surface area (Å²) in [4.78, 5) is 0. The smallest absolute Gasteiger partial charge is 0.127 e. The third kappa shape index (κ3) is 0.500. The maximum Gasteiger partial charge on any atom is 0.127 e. The monoisotopic (exact) mass is 152 g/mol. The molecule has 3 atom stereocenters. The number of hydrogen-bond acceptors (Lipinski definition) is 2. The summed E-state index contributed by atoms with van der Waals surface area (Å²) in [5, 5.41) is 9.66. The van der Waals surface area contributed by atoms with Crippen LogP contribution in [0.5, 0.6) is 0 Å². The molecule has 3 rings (SSSR count). The third-order valence-electron chi connectivity index (χ3n) is 3.50. The zero-order valence-electron chi connectivity index (χ0n) is 6.42. The van der Waals surface area contributed by atoms with Crippen LogP contribution in [0.4, 0.5) is 0 Å². The molecule has 60 valence electrons. The Morgan fingerprint density at radius 2 is 2.18 bits per heavy atom. The Balaban J connectivity index is 2.03. The molecule has 1 heterocycles. The minimum atomic E-state index is -0.201. The van der Waals surface area contributed by atoms with Gasteiger partial charge in [-0.15, -0.1) is 0 Å². The molecule has 0 unspecified atom stereocenters. The Kier molecular flexibility index (Phi) is 0.871. The fourth-order valence-corrected chi connectivity index (χ4v) is 2.77. The molecule has 2 fully saturated rings. The first kappa shape index (κ1) is 6.21. The molecule has 0 aromatic heterocycles. The van der Waals surface area contributed by atoms with Gasteiger partial charge in [0, 0.05) is 0 Å². The number of epoxide rings is 1. The van der Waals surface area contributed by atoms with Gasteiger partial charge in [-0.2, -0.15) is 0 Å². The van der Waals surface area contributed by atoms with E-state index < -0.39 is 0 Å². The second kappa shape index (κ2) is 1.54. The van der Waals surface area contributed by atoms with Gasteiger partial charge >= 0.3 is 0 Å². The molecule has 1 saturated carbocycles. The quantitative estimate of drug-likeness (QED) is 0.415. The number of aliphatic hydroxyl groups is 1. The SMILES string of the molecule is O[C@@H]1CC[C@]23CC=CC[C@]12O3. The van der Waals surface area contributed by atoms with Gasteiger partial charge in [-0.3, -0.25) is 0 Å². The van der Waals surface area contributed by atoms with Crippen molar-refractivity contribution in [2.24, 2.45) is 0 Å². The van der Waals surface area contributed by atoms with E-state index in [1.807, 2.05) is 0 Å². The van der Waals surface area contributed by atoms with E-state index in [4.69, 9.17) is 4.74 Å². The van der Waals surface area contributed by atoms with E-state index in [2.05, 4.69) is 12.2 Å². The highest BCUT2D eigenvalue weighted by molar-refractivity contribution is 5.30. The van der Waals surface area contributed by atoms with Crippen molar-refractivity contribution < 1.29 is 9.84 Å². The molecule has 0 spiro atoms. The average Bonchev–Trinajstić information content (AvgIpc) is 2.63. The normalized spacial score (nSPS) is 58.8. The van der Waals surface area contributed by atoms with Crippen LogP contribution in [0.1, 0.15) is 25.7 Å². The molecule has 2 aliphatic carbocycles. The Morgan fingerprint density at radius 3 is 3.00 bits per heavy atom. The summed E-state index contributed by atoms with van der Waals surface area (Å²) in [7, 11) is 0. The summed E-state index contributed by atoms with van der Waals surface area (Å²) in [5.41, 5.74) is -0.0666. The summed E-state index contributed by atoms with van der Waals surface area (Å²) in [5.74, 6) is 0. The summed E-state index contributed by atoms with van der Waals surface area (Å²) < 4.78 is 5.69. The van der Waals surface area contributed by atoms with E-state index in [0.29, 0.717) is 0 Å². The van der Waals surface area contributed by atoms with Gasteiger partial charge in [0.25, 0.3) is 0 Å². The van der Waals surface area contributed by atoms with Crippen molar-refractivity contribution in [2.45, 2.75) is 43.0 Å². The molecule has 1 saturated heterocycles. The molecule has 0 bridgehead atoms. The topological polar surface area (TPSA) is 32.8 Å². The third-order valence-corrected chi connectivity index (χ3v) is 3.50. The lowest BCUT2D eigenvalue weighted by molar-refractivity contribution is 0.0639. The van der Waals surface area contributed by atoms with Crippen molar-refractivity contribution in [2.75, 3.05) is 0 Å². The highest BCUT2D eigenvalue weighted by Crippen LogP contribution is 2.65. The summed E-state index contributed by atoms with van der Waals surface area (Å²) in [6, 6.07) is 0. The van der Waals surface area contributed by atoms with Gasteiger partial charge in [-0.1, -0.05) is 12.2 Å². The van der Waals surface area contributed by atoms with E-state index in [0.717, 1.165) is 25.7 Å². The maximum atomic E-state index is 9.66. The van der Waals surface area contributed by atoms with Crippen LogP contribution >= 0.6 is 0 Å². The van der Waals surface area contributed by atoms with Gasteiger partial charge in [0.1, 0.15) is 11.2 Å². The molecular weight excluding hydrogens is 140 g/mol. The highest BCUT2D eigenvalue weighted by atomic mass is 16.6. The molecule has 1 aliphatic heterocycles. The van der Waals surface area contributed by atoms with Crippen molar-refractivity contribution in [3.05, 3.63) is 12.2 Å². The number of hydrogen-bond donors (Lipinski definition) is 1. The minimum absolute atomic E-state index is 0.0706. The Bertz CT molecular complexity index is 236.